The van der Waals surface area contributed by atoms with E-state index in [4.69, 9.17) is 21.1 Å². The van der Waals surface area contributed by atoms with Crippen LogP contribution in [0.5, 0.6) is 0 Å². The molecule has 3 rings (SSSR count). The number of nitrogens with one attached hydrogen (secondary N) is 2. The fourth-order valence-electron chi connectivity index (χ4n) is 2.87. The van der Waals surface area contributed by atoms with Crippen LogP contribution in [0.2, 0.25) is 5.15 Å². The molecule has 0 radical (unpaired) electrons. The Labute approximate surface area is 156 Å². The van der Waals surface area contributed by atoms with Crippen molar-refractivity contribution in [2.75, 3.05) is 33.9 Å². The van der Waals surface area contributed by atoms with Gasteiger partial charge >= 0.3 is 0 Å². The molecule has 2 atom stereocenters. The van der Waals surface area contributed by atoms with Gasteiger partial charge in [0.15, 0.2) is 0 Å². The number of ether oxygens (including phenoxy) is 2. The van der Waals surface area contributed by atoms with Crippen LogP contribution in [-0.2, 0) is 9.47 Å². The maximum absolute atomic E-state index is 11.8. The van der Waals surface area contributed by atoms with Gasteiger partial charge in [0.25, 0.3) is 5.91 Å². The van der Waals surface area contributed by atoms with Gasteiger partial charge in [0.1, 0.15) is 23.3 Å². The highest BCUT2D eigenvalue weighted by Crippen LogP contribution is 2.29. The Morgan fingerprint density at radius 3 is 3.00 bits per heavy atom. The maximum Gasteiger partial charge on any atom is 0.269 e. The number of methoxy groups -OCH3 is 1. The van der Waals surface area contributed by atoms with E-state index >= 15 is 0 Å². The molecule has 0 spiro atoms. The summed E-state index contributed by atoms with van der Waals surface area (Å²) >= 11 is 6.23. The first-order chi connectivity index (χ1) is 12.6. The molecule has 1 aliphatic rings. The average Bonchev–Trinajstić information content (AvgIpc) is 2.67. The van der Waals surface area contributed by atoms with E-state index in [2.05, 4.69) is 25.6 Å². The topological polar surface area (TPSA) is 98.3 Å². The molecule has 1 saturated heterocycles. The van der Waals surface area contributed by atoms with Crippen molar-refractivity contribution in [3.05, 3.63) is 40.9 Å². The summed E-state index contributed by atoms with van der Waals surface area (Å²) in [5.41, 5.74) is 2.18. The van der Waals surface area contributed by atoms with Gasteiger partial charge in [0.2, 0.25) is 0 Å². The minimum atomic E-state index is -0.295. The van der Waals surface area contributed by atoms with Gasteiger partial charge in [-0.25, -0.2) is 15.0 Å². The third-order valence-electron chi connectivity index (χ3n) is 4.05. The van der Waals surface area contributed by atoms with Crippen molar-refractivity contribution < 1.29 is 14.3 Å². The number of nitrogens with zero attached hydrogens (tertiary/aromatic N) is 3. The fraction of sp³-hybridized carbons (Fsp3) is 0.412. The monoisotopic (exact) mass is 377 g/mol. The van der Waals surface area contributed by atoms with Gasteiger partial charge < -0.3 is 20.1 Å². The van der Waals surface area contributed by atoms with E-state index in [-0.39, 0.29) is 23.7 Å². The van der Waals surface area contributed by atoms with Crippen LogP contribution < -0.4 is 10.6 Å². The Morgan fingerprint density at radius 1 is 1.38 bits per heavy atom. The van der Waals surface area contributed by atoms with Gasteiger partial charge in [-0.2, -0.15) is 0 Å². The van der Waals surface area contributed by atoms with Crippen molar-refractivity contribution in [2.45, 2.75) is 12.1 Å². The first-order valence-electron chi connectivity index (χ1n) is 8.18. The number of aromatic nitrogens is 3. The summed E-state index contributed by atoms with van der Waals surface area (Å²) in [6.07, 6.45) is 1.11. The molecule has 138 valence electrons. The SMILES string of the molecule is CNC(=O)c1cc(-c2cc(C3OCCNC3COC)cc(Cl)n2)ncn1. The standard InChI is InChI=1S/C17H20ClN5O3/c1-19-17(24)13-7-11(21-9-22-13)12-5-10(6-15(18)23-12)16-14(8-25-2)20-3-4-26-16/h5-7,9,14,16,20H,3-4,8H2,1-2H3,(H,19,24). The molecule has 9 heteroatoms. The highest BCUT2D eigenvalue weighted by Gasteiger charge is 2.28. The molecular weight excluding hydrogens is 358 g/mol. The summed E-state index contributed by atoms with van der Waals surface area (Å²) in [5.74, 6) is -0.295. The van der Waals surface area contributed by atoms with E-state index in [9.17, 15) is 4.79 Å². The third kappa shape index (κ3) is 4.16. The number of pyridine rings is 1. The van der Waals surface area contributed by atoms with Gasteiger partial charge in [0, 0.05) is 20.7 Å². The minimum Gasteiger partial charge on any atom is -0.383 e. The number of carbonyl (C=O) groups excluding carboxylic acids is 1. The lowest BCUT2D eigenvalue weighted by atomic mass is 10.0. The summed E-state index contributed by atoms with van der Waals surface area (Å²) in [7, 11) is 3.20. The molecule has 1 fully saturated rings. The Bertz CT molecular complexity index is 787. The fourth-order valence-corrected chi connectivity index (χ4v) is 3.09. The predicted molar refractivity (Wildman–Crippen MR) is 96.0 cm³/mol. The molecule has 0 saturated carbocycles. The number of hydrogen-bond donors (Lipinski definition) is 2. The predicted octanol–water partition coefficient (Wildman–Crippen LogP) is 1.23. The quantitative estimate of drug-likeness (QED) is 0.756. The van der Waals surface area contributed by atoms with Gasteiger partial charge in [-0.05, 0) is 23.8 Å². The second-order valence-electron chi connectivity index (χ2n) is 5.78. The Morgan fingerprint density at radius 2 is 2.23 bits per heavy atom. The van der Waals surface area contributed by atoms with Gasteiger partial charge in [0.05, 0.1) is 30.6 Å². The maximum atomic E-state index is 11.8. The molecular formula is C17H20ClN5O3. The lowest BCUT2D eigenvalue weighted by Crippen LogP contribution is -2.46. The van der Waals surface area contributed by atoms with Crippen molar-refractivity contribution in [3.8, 4) is 11.4 Å². The zero-order chi connectivity index (χ0) is 18.5. The van der Waals surface area contributed by atoms with E-state index in [0.717, 1.165) is 12.1 Å². The van der Waals surface area contributed by atoms with Crippen LogP contribution in [0.25, 0.3) is 11.4 Å². The molecule has 2 N–H and O–H groups in total. The highest BCUT2D eigenvalue weighted by molar-refractivity contribution is 6.29. The van der Waals surface area contributed by atoms with Crippen LogP contribution in [0, 0.1) is 0 Å². The van der Waals surface area contributed by atoms with Crippen molar-refractivity contribution in [1.82, 2.24) is 25.6 Å². The lowest BCUT2D eigenvalue weighted by molar-refractivity contribution is -0.0273. The Hall–Kier alpha value is -2.13. The van der Waals surface area contributed by atoms with Crippen molar-refractivity contribution in [1.29, 1.82) is 0 Å². The molecule has 2 aromatic heterocycles. The largest absolute Gasteiger partial charge is 0.383 e. The molecule has 2 unspecified atom stereocenters. The summed E-state index contributed by atoms with van der Waals surface area (Å²) in [6.45, 7) is 1.86. The average molecular weight is 378 g/mol. The number of rotatable bonds is 5. The summed E-state index contributed by atoms with van der Waals surface area (Å²) in [6, 6.07) is 5.22. The zero-order valence-electron chi connectivity index (χ0n) is 14.5. The van der Waals surface area contributed by atoms with Crippen molar-refractivity contribution >= 4 is 17.5 Å². The van der Waals surface area contributed by atoms with E-state index in [1.807, 2.05) is 6.07 Å². The molecule has 3 heterocycles. The van der Waals surface area contributed by atoms with E-state index in [1.54, 1.807) is 26.3 Å². The minimum absolute atomic E-state index is 0.00639. The van der Waals surface area contributed by atoms with E-state index in [0.29, 0.717) is 29.8 Å². The second-order valence-corrected chi connectivity index (χ2v) is 6.17. The summed E-state index contributed by atoms with van der Waals surface area (Å²) in [5, 5.41) is 6.25. The van der Waals surface area contributed by atoms with Gasteiger partial charge in [-0.3, -0.25) is 4.79 Å². The van der Waals surface area contributed by atoms with Crippen LogP contribution >= 0.6 is 11.6 Å². The number of hydrogen-bond acceptors (Lipinski definition) is 7. The lowest BCUT2D eigenvalue weighted by Gasteiger charge is -2.32. The molecule has 0 aliphatic carbocycles. The molecule has 0 bridgehead atoms. The normalized spacial score (nSPS) is 20.0. The van der Waals surface area contributed by atoms with Crippen LogP contribution in [0.3, 0.4) is 0 Å². The first-order valence-corrected chi connectivity index (χ1v) is 8.56. The van der Waals surface area contributed by atoms with Crippen LogP contribution in [0.15, 0.2) is 24.5 Å². The van der Waals surface area contributed by atoms with E-state index < -0.39 is 0 Å². The van der Waals surface area contributed by atoms with Crippen molar-refractivity contribution in [2.24, 2.45) is 0 Å². The third-order valence-corrected chi connectivity index (χ3v) is 4.25. The molecule has 2 aromatic rings. The number of amides is 1. The molecule has 8 nitrogen and oxygen atoms in total. The second kappa shape index (κ2) is 8.50. The van der Waals surface area contributed by atoms with Gasteiger partial charge in [-0.15, -0.1) is 0 Å². The van der Waals surface area contributed by atoms with Crippen LogP contribution in [0.4, 0.5) is 0 Å². The molecule has 26 heavy (non-hydrogen) atoms. The Balaban J connectivity index is 1.96. The van der Waals surface area contributed by atoms with Crippen LogP contribution in [0.1, 0.15) is 22.2 Å². The number of carbonyl (C=O) groups is 1. The van der Waals surface area contributed by atoms with Gasteiger partial charge in [-0.1, -0.05) is 11.6 Å². The van der Waals surface area contributed by atoms with Crippen molar-refractivity contribution in [3.63, 3.8) is 0 Å². The molecule has 1 amide bonds. The first kappa shape index (κ1) is 18.7. The smallest absolute Gasteiger partial charge is 0.269 e. The summed E-state index contributed by atoms with van der Waals surface area (Å²) < 4.78 is 11.2. The highest BCUT2D eigenvalue weighted by atomic mass is 35.5. The summed E-state index contributed by atoms with van der Waals surface area (Å²) in [4.78, 5) is 24.3. The molecule has 1 aliphatic heterocycles. The number of morpholine rings is 1. The van der Waals surface area contributed by atoms with Crippen LogP contribution in [-0.4, -0.2) is 60.8 Å². The number of halogens is 1. The zero-order valence-corrected chi connectivity index (χ0v) is 15.3. The Kier molecular flexibility index (Phi) is 6.10. The van der Waals surface area contributed by atoms with E-state index in [1.165, 1.54) is 6.33 Å². The molecule has 0 aromatic carbocycles.